The molecular formula is C28H37N3O7. The third-order valence-electron chi connectivity index (χ3n) is 5.16. The molecular weight excluding hydrogens is 490 g/mol. The summed E-state index contributed by atoms with van der Waals surface area (Å²) in [7, 11) is 1.43. The van der Waals surface area contributed by atoms with Gasteiger partial charge in [0.2, 0.25) is 11.8 Å². The standard InChI is InChI=1S/C28H37N3O7/c1-28(2,3)38-27(35)31-23(19-36-17-20-11-7-5-8-12-20)26(34)30-22(25(33)29-4)15-16-24(32)37-18-21-13-9-6-10-14-21/h5-14,22-23H,15-19H2,1-4H3,(H,29,33)(H,30,34)(H,31,35)/t22-,23-/m1/s1. The summed E-state index contributed by atoms with van der Waals surface area (Å²) in [5.74, 6) is -1.66. The molecule has 0 saturated carbocycles. The van der Waals surface area contributed by atoms with Crippen LogP contribution in [0.1, 0.15) is 44.7 Å². The Labute approximate surface area is 223 Å². The monoisotopic (exact) mass is 527 g/mol. The highest BCUT2D eigenvalue weighted by molar-refractivity contribution is 5.91. The van der Waals surface area contributed by atoms with Gasteiger partial charge in [-0.3, -0.25) is 14.4 Å². The maximum absolute atomic E-state index is 13.1. The number of carbonyl (C=O) groups is 4. The van der Waals surface area contributed by atoms with E-state index in [1.807, 2.05) is 60.7 Å². The smallest absolute Gasteiger partial charge is 0.408 e. The van der Waals surface area contributed by atoms with Crippen LogP contribution in [-0.4, -0.2) is 55.2 Å². The molecule has 2 rings (SSSR count). The molecule has 0 aromatic heterocycles. The fraction of sp³-hybridized carbons (Fsp3) is 0.429. The quantitative estimate of drug-likeness (QED) is 0.341. The molecule has 2 atom stereocenters. The predicted octanol–water partition coefficient (Wildman–Crippen LogP) is 2.85. The molecule has 3 N–H and O–H groups in total. The van der Waals surface area contributed by atoms with Gasteiger partial charge < -0.3 is 30.2 Å². The van der Waals surface area contributed by atoms with E-state index in [-0.39, 0.29) is 32.7 Å². The lowest BCUT2D eigenvalue weighted by Crippen LogP contribution is -2.55. The molecule has 3 amide bonds. The van der Waals surface area contributed by atoms with Crippen molar-refractivity contribution < 1.29 is 33.4 Å². The average molecular weight is 528 g/mol. The first-order chi connectivity index (χ1) is 18.1. The van der Waals surface area contributed by atoms with Crippen LogP contribution in [0.4, 0.5) is 4.79 Å². The fourth-order valence-corrected chi connectivity index (χ4v) is 3.29. The Hall–Kier alpha value is -3.92. The molecule has 0 aliphatic heterocycles. The molecule has 10 nitrogen and oxygen atoms in total. The number of nitrogens with one attached hydrogen (secondary N) is 3. The highest BCUT2D eigenvalue weighted by Gasteiger charge is 2.29. The van der Waals surface area contributed by atoms with Gasteiger partial charge in [-0.2, -0.15) is 0 Å². The van der Waals surface area contributed by atoms with Crippen molar-refractivity contribution in [2.24, 2.45) is 0 Å². The molecule has 0 heterocycles. The second-order valence-corrected chi connectivity index (χ2v) is 9.56. The van der Waals surface area contributed by atoms with Gasteiger partial charge in [0.05, 0.1) is 13.2 Å². The number of alkyl carbamates (subject to hydrolysis) is 1. The largest absolute Gasteiger partial charge is 0.461 e. The van der Waals surface area contributed by atoms with Crippen molar-refractivity contribution in [3.05, 3.63) is 71.8 Å². The van der Waals surface area contributed by atoms with Crippen LogP contribution in [0.5, 0.6) is 0 Å². The van der Waals surface area contributed by atoms with Crippen LogP contribution in [0.3, 0.4) is 0 Å². The fourth-order valence-electron chi connectivity index (χ4n) is 3.29. The number of likely N-dealkylation sites (N-methyl/N-ethyl adjacent to an activating group) is 1. The number of carbonyl (C=O) groups excluding carboxylic acids is 4. The highest BCUT2D eigenvalue weighted by Crippen LogP contribution is 2.09. The van der Waals surface area contributed by atoms with Crippen LogP contribution in [0, 0.1) is 0 Å². The molecule has 0 spiro atoms. The second-order valence-electron chi connectivity index (χ2n) is 9.56. The summed E-state index contributed by atoms with van der Waals surface area (Å²) in [6.45, 7) is 5.26. The lowest BCUT2D eigenvalue weighted by Gasteiger charge is -2.25. The molecule has 206 valence electrons. The van der Waals surface area contributed by atoms with E-state index in [9.17, 15) is 19.2 Å². The third-order valence-corrected chi connectivity index (χ3v) is 5.16. The van der Waals surface area contributed by atoms with E-state index < -0.39 is 41.6 Å². The molecule has 10 heteroatoms. The van der Waals surface area contributed by atoms with E-state index in [0.29, 0.717) is 0 Å². The van der Waals surface area contributed by atoms with Crippen LogP contribution in [0.15, 0.2) is 60.7 Å². The first-order valence-electron chi connectivity index (χ1n) is 12.4. The summed E-state index contributed by atoms with van der Waals surface area (Å²) < 4.78 is 16.2. The first-order valence-corrected chi connectivity index (χ1v) is 12.4. The Morgan fingerprint density at radius 1 is 0.789 bits per heavy atom. The molecule has 0 aliphatic rings. The highest BCUT2D eigenvalue weighted by atomic mass is 16.6. The molecule has 0 radical (unpaired) electrons. The van der Waals surface area contributed by atoms with Crippen molar-refractivity contribution in [2.45, 2.75) is 64.5 Å². The van der Waals surface area contributed by atoms with Crippen molar-refractivity contribution in [2.75, 3.05) is 13.7 Å². The van der Waals surface area contributed by atoms with Gasteiger partial charge in [-0.25, -0.2) is 4.79 Å². The lowest BCUT2D eigenvalue weighted by molar-refractivity contribution is -0.145. The molecule has 0 unspecified atom stereocenters. The van der Waals surface area contributed by atoms with Crippen LogP contribution in [0.2, 0.25) is 0 Å². The Kier molecular flexibility index (Phi) is 12.2. The summed E-state index contributed by atoms with van der Waals surface area (Å²) >= 11 is 0. The summed E-state index contributed by atoms with van der Waals surface area (Å²) in [4.78, 5) is 50.2. The molecule has 2 aromatic rings. The van der Waals surface area contributed by atoms with Crippen LogP contribution in [0.25, 0.3) is 0 Å². The van der Waals surface area contributed by atoms with Crippen LogP contribution < -0.4 is 16.0 Å². The molecule has 0 saturated heterocycles. The van der Waals surface area contributed by atoms with Crippen molar-refractivity contribution in [3.8, 4) is 0 Å². The number of rotatable bonds is 13. The zero-order valence-electron chi connectivity index (χ0n) is 22.3. The normalized spacial score (nSPS) is 12.5. The van der Waals surface area contributed by atoms with Crippen molar-refractivity contribution in [1.29, 1.82) is 0 Å². The minimum absolute atomic E-state index is 0.00304. The maximum Gasteiger partial charge on any atom is 0.408 e. The Morgan fingerprint density at radius 3 is 1.92 bits per heavy atom. The van der Waals surface area contributed by atoms with Gasteiger partial charge in [-0.15, -0.1) is 0 Å². The first kappa shape index (κ1) is 30.3. The molecule has 38 heavy (non-hydrogen) atoms. The van der Waals surface area contributed by atoms with Gasteiger partial charge in [0.15, 0.2) is 0 Å². The number of esters is 1. The molecule has 0 bridgehead atoms. The van der Waals surface area contributed by atoms with E-state index >= 15 is 0 Å². The Morgan fingerprint density at radius 2 is 1.37 bits per heavy atom. The van der Waals surface area contributed by atoms with Crippen LogP contribution >= 0.6 is 0 Å². The van der Waals surface area contributed by atoms with Gasteiger partial charge in [-0.1, -0.05) is 60.7 Å². The summed E-state index contributed by atoms with van der Waals surface area (Å²) in [6.07, 6.45) is -0.898. The summed E-state index contributed by atoms with van der Waals surface area (Å²) in [5, 5.41) is 7.59. The minimum Gasteiger partial charge on any atom is -0.461 e. The van der Waals surface area contributed by atoms with Gasteiger partial charge >= 0.3 is 12.1 Å². The average Bonchev–Trinajstić information content (AvgIpc) is 2.88. The SMILES string of the molecule is CNC(=O)[C@@H](CCC(=O)OCc1ccccc1)NC(=O)[C@@H](COCc1ccccc1)NC(=O)OC(C)(C)C. The van der Waals surface area contributed by atoms with Crippen molar-refractivity contribution >= 4 is 23.9 Å². The van der Waals surface area contributed by atoms with E-state index in [4.69, 9.17) is 14.2 Å². The predicted molar refractivity (Wildman–Crippen MR) is 141 cm³/mol. The van der Waals surface area contributed by atoms with E-state index in [1.54, 1.807) is 20.8 Å². The Balaban J connectivity index is 1.99. The molecule has 2 aromatic carbocycles. The Bertz CT molecular complexity index is 1040. The van der Waals surface area contributed by atoms with E-state index in [1.165, 1.54) is 7.05 Å². The number of benzene rings is 2. The zero-order valence-corrected chi connectivity index (χ0v) is 22.3. The lowest BCUT2D eigenvalue weighted by atomic mass is 10.1. The summed E-state index contributed by atoms with van der Waals surface area (Å²) in [6, 6.07) is 16.4. The number of ether oxygens (including phenoxy) is 3. The maximum atomic E-state index is 13.1. The number of hydrogen-bond donors (Lipinski definition) is 3. The van der Waals surface area contributed by atoms with Gasteiger partial charge in [0.25, 0.3) is 0 Å². The zero-order chi connectivity index (χ0) is 28.0. The van der Waals surface area contributed by atoms with Gasteiger partial charge in [-0.05, 0) is 38.3 Å². The van der Waals surface area contributed by atoms with E-state index in [0.717, 1.165) is 11.1 Å². The van der Waals surface area contributed by atoms with Crippen molar-refractivity contribution in [3.63, 3.8) is 0 Å². The van der Waals surface area contributed by atoms with Crippen LogP contribution in [-0.2, 0) is 41.8 Å². The third kappa shape index (κ3) is 11.9. The molecule has 0 fully saturated rings. The minimum atomic E-state index is -1.15. The number of hydrogen-bond acceptors (Lipinski definition) is 7. The van der Waals surface area contributed by atoms with Gasteiger partial charge in [0, 0.05) is 13.5 Å². The number of amides is 3. The van der Waals surface area contributed by atoms with E-state index in [2.05, 4.69) is 16.0 Å². The second kappa shape index (κ2) is 15.4. The topological polar surface area (TPSA) is 132 Å². The molecule has 0 aliphatic carbocycles. The van der Waals surface area contributed by atoms with Gasteiger partial charge in [0.1, 0.15) is 24.3 Å². The van der Waals surface area contributed by atoms with Crippen molar-refractivity contribution in [1.82, 2.24) is 16.0 Å². The summed E-state index contributed by atoms with van der Waals surface area (Å²) in [5.41, 5.74) is 0.950.